The highest BCUT2D eigenvalue weighted by atomic mass is 16.1. The summed E-state index contributed by atoms with van der Waals surface area (Å²) in [5, 5.41) is 14.0. The van der Waals surface area contributed by atoms with Gasteiger partial charge in [-0.25, -0.2) is 0 Å². The molecule has 0 saturated heterocycles. The molecule has 0 radical (unpaired) electrons. The van der Waals surface area contributed by atoms with Crippen molar-refractivity contribution >= 4 is 12.1 Å². The Labute approximate surface area is 190 Å². The number of allylic oxidation sites excluding steroid dienone is 4. The molecule has 6 heteroatoms. The van der Waals surface area contributed by atoms with Gasteiger partial charge in [0.25, 0.3) is 0 Å². The first-order valence-electron chi connectivity index (χ1n) is 11.2. The standard InChI is InChI=1S/C12H22N4.C10H17NO.C3H6/c1-8(2)14-10-5-4-9(6-10)11-7-12(13-3)16-15-11;1-8(2)9(3)6-10(7-12)11(4)5;1-3-2/h7-10,14H,4-6H2,1-3H3,(H2,13,15,16);6-8H,3H2,1-2,4-5H3;3H,1H2,2H3/b;10-6-;. The number of aldehydes is 1. The first kappa shape index (κ1) is 28.7. The maximum Gasteiger partial charge on any atom is 0.166 e. The van der Waals surface area contributed by atoms with Gasteiger partial charge in [0.15, 0.2) is 6.29 Å². The number of aromatic amines is 1. The molecule has 2 rings (SSSR count). The molecule has 6 nitrogen and oxygen atoms in total. The number of H-pyrrole nitrogens is 1. The largest absolute Gasteiger partial charge is 0.375 e. The number of nitrogens with zero attached hydrogens (tertiary/aromatic N) is 2. The Morgan fingerprint density at radius 1 is 1.29 bits per heavy atom. The number of anilines is 1. The van der Waals surface area contributed by atoms with E-state index in [1.165, 1.54) is 25.0 Å². The molecule has 0 spiro atoms. The van der Waals surface area contributed by atoms with E-state index in [-0.39, 0.29) is 0 Å². The molecule has 3 N–H and O–H groups in total. The van der Waals surface area contributed by atoms with E-state index in [1.807, 2.05) is 34.1 Å². The van der Waals surface area contributed by atoms with Gasteiger partial charge in [-0.15, -0.1) is 6.58 Å². The number of carbonyl (C=O) groups is 1. The molecule has 1 aromatic heterocycles. The predicted octanol–water partition coefficient (Wildman–Crippen LogP) is 5.12. The summed E-state index contributed by atoms with van der Waals surface area (Å²) in [7, 11) is 5.58. The third-order valence-corrected chi connectivity index (χ3v) is 5.01. The molecule has 2 atom stereocenters. The Morgan fingerprint density at radius 3 is 2.32 bits per heavy atom. The third kappa shape index (κ3) is 11.6. The van der Waals surface area contributed by atoms with Gasteiger partial charge in [0, 0.05) is 50.9 Å². The summed E-state index contributed by atoms with van der Waals surface area (Å²) in [6.07, 6.45) is 8.17. The summed E-state index contributed by atoms with van der Waals surface area (Å²) >= 11 is 0. The molecule has 1 aliphatic rings. The maximum atomic E-state index is 10.6. The van der Waals surface area contributed by atoms with Crippen LogP contribution in [0.4, 0.5) is 5.82 Å². The van der Waals surface area contributed by atoms with Gasteiger partial charge >= 0.3 is 0 Å². The van der Waals surface area contributed by atoms with Crippen molar-refractivity contribution in [3.05, 3.63) is 48.3 Å². The van der Waals surface area contributed by atoms with Crippen molar-refractivity contribution < 1.29 is 4.79 Å². The second-order valence-corrected chi connectivity index (χ2v) is 8.71. The highest BCUT2D eigenvalue weighted by molar-refractivity contribution is 5.73. The quantitative estimate of drug-likeness (QED) is 0.231. The smallest absolute Gasteiger partial charge is 0.166 e. The van der Waals surface area contributed by atoms with Crippen molar-refractivity contribution in [3.63, 3.8) is 0 Å². The van der Waals surface area contributed by atoms with Crippen LogP contribution in [0.5, 0.6) is 0 Å². The lowest BCUT2D eigenvalue weighted by atomic mass is 10.0. The molecular weight excluding hydrogens is 386 g/mol. The molecule has 1 fully saturated rings. The Bertz CT molecular complexity index is 688. The molecule has 0 bridgehead atoms. The lowest BCUT2D eigenvalue weighted by Gasteiger charge is -2.15. The molecule has 2 unspecified atom stereocenters. The highest BCUT2D eigenvalue weighted by Crippen LogP contribution is 2.34. The lowest BCUT2D eigenvalue weighted by Crippen LogP contribution is -2.32. The number of carbonyl (C=O) groups excluding carboxylic acids is 1. The van der Waals surface area contributed by atoms with Gasteiger partial charge in [-0.1, -0.05) is 45.9 Å². The maximum absolute atomic E-state index is 10.6. The van der Waals surface area contributed by atoms with Crippen LogP contribution < -0.4 is 10.6 Å². The monoisotopic (exact) mass is 431 g/mol. The fourth-order valence-electron chi connectivity index (χ4n) is 3.19. The van der Waals surface area contributed by atoms with E-state index in [1.54, 1.807) is 11.0 Å². The van der Waals surface area contributed by atoms with E-state index in [0.717, 1.165) is 17.7 Å². The van der Waals surface area contributed by atoms with Crippen molar-refractivity contribution in [1.29, 1.82) is 0 Å². The van der Waals surface area contributed by atoms with Crippen LogP contribution in [0.1, 0.15) is 65.5 Å². The average molecular weight is 432 g/mol. The van der Waals surface area contributed by atoms with Crippen molar-refractivity contribution in [2.24, 2.45) is 5.92 Å². The zero-order valence-electron chi connectivity index (χ0n) is 21.0. The minimum absolute atomic E-state index is 0.389. The molecule has 0 amide bonds. The van der Waals surface area contributed by atoms with Gasteiger partial charge in [0.05, 0.1) is 5.70 Å². The molecule has 1 aromatic rings. The van der Waals surface area contributed by atoms with Crippen LogP contribution in [-0.2, 0) is 4.79 Å². The molecular formula is C25H45N5O. The fourth-order valence-corrected chi connectivity index (χ4v) is 3.19. The number of hydrogen-bond donors (Lipinski definition) is 3. The van der Waals surface area contributed by atoms with Crippen LogP contribution in [0.2, 0.25) is 0 Å². The highest BCUT2D eigenvalue weighted by Gasteiger charge is 2.27. The van der Waals surface area contributed by atoms with E-state index in [0.29, 0.717) is 29.6 Å². The van der Waals surface area contributed by atoms with Gasteiger partial charge in [-0.3, -0.25) is 9.89 Å². The van der Waals surface area contributed by atoms with Crippen LogP contribution in [0.25, 0.3) is 0 Å². The minimum Gasteiger partial charge on any atom is -0.375 e. The van der Waals surface area contributed by atoms with Crippen molar-refractivity contribution in [1.82, 2.24) is 20.4 Å². The third-order valence-electron chi connectivity index (χ3n) is 5.01. The zero-order valence-corrected chi connectivity index (χ0v) is 21.0. The number of rotatable bonds is 8. The SMILES string of the molecule is C=C(/C=C(/C=O)N(C)C)C(C)C.C=CC.CNc1cc(C2CCC(NC(C)C)C2)[nH]n1. The topological polar surface area (TPSA) is 73.1 Å². The second-order valence-electron chi connectivity index (χ2n) is 8.71. The molecule has 0 aliphatic heterocycles. The van der Waals surface area contributed by atoms with E-state index in [2.05, 4.69) is 67.8 Å². The van der Waals surface area contributed by atoms with Crippen molar-refractivity contribution in [2.75, 3.05) is 26.5 Å². The first-order chi connectivity index (χ1) is 14.6. The van der Waals surface area contributed by atoms with Gasteiger partial charge in [0.2, 0.25) is 0 Å². The lowest BCUT2D eigenvalue weighted by molar-refractivity contribution is -0.105. The van der Waals surface area contributed by atoms with Crippen LogP contribution in [0.15, 0.2) is 42.6 Å². The molecule has 176 valence electrons. The Morgan fingerprint density at radius 2 is 1.90 bits per heavy atom. The van der Waals surface area contributed by atoms with E-state index in [4.69, 9.17) is 0 Å². The van der Waals surface area contributed by atoms with Gasteiger partial charge < -0.3 is 15.5 Å². The van der Waals surface area contributed by atoms with Crippen LogP contribution in [-0.4, -0.2) is 54.6 Å². The van der Waals surface area contributed by atoms with E-state index >= 15 is 0 Å². The van der Waals surface area contributed by atoms with Gasteiger partial charge in [0.1, 0.15) is 5.82 Å². The fraction of sp³-hybridized carbons (Fsp3) is 0.600. The Balaban J connectivity index is 0.000000535. The molecule has 1 aliphatic carbocycles. The summed E-state index contributed by atoms with van der Waals surface area (Å²) in [4.78, 5) is 12.3. The van der Waals surface area contributed by atoms with Gasteiger partial charge in [-0.05, 0) is 38.2 Å². The molecule has 0 aromatic carbocycles. The summed E-state index contributed by atoms with van der Waals surface area (Å²) in [6, 6.07) is 3.38. The van der Waals surface area contributed by atoms with Crippen LogP contribution >= 0.6 is 0 Å². The number of nitrogens with one attached hydrogen (secondary N) is 3. The summed E-state index contributed by atoms with van der Waals surface area (Å²) in [5.41, 5.74) is 2.91. The second kappa shape index (κ2) is 15.5. The van der Waals surface area contributed by atoms with Crippen molar-refractivity contribution in [3.8, 4) is 0 Å². The first-order valence-corrected chi connectivity index (χ1v) is 11.2. The Kier molecular flexibility index (Phi) is 14.3. The van der Waals surface area contributed by atoms with E-state index in [9.17, 15) is 4.79 Å². The molecule has 1 saturated carbocycles. The molecule has 1 heterocycles. The number of aromatic nitrogens is 2. The summed E-state index contributed by atoms with van der Waals surface area (Å²) in [6.45, 7) is 17.6. The van der Waals surface area contributed by atoms with Crippen molar-refractivity contribution in [2.45, 2.75) is 71.9 Å². The Hall–Kier alpha value is -2.34. The van der Waals surface area contributed by atoms with Crippen LogP contribution in [0.3, 0.4) is 0 Å². The number of hydrogen-bond acceptors (Lipinski definition) is 5. The summed E-state index contributed by atoms with van der Waals surface area (Å²) in [5.74, 6) is 1.97. The average Bonchev–Trinajstić information content (AvgIpc) is 3.35. The van der Waals surface area contributed by atoms with E-state index < -0.39 is 0 Å². The van der Waals surface area contributed by atoms with Gasteiger partial charge in [-0.2, -0.15) is 5.10 Å². The van der Waals surface area contributed by atoms with Crippen LogP contribution in [0, 0.1) is 5.92 Å². The molecule has 31 heavy (non-hydrogen) atoms. The number of likely N-dealkylation sites (N-methyl/N-ethyl adjacent to an activating group) is 1. The predicted molar refractivity (Wildman–Crippen MR) is 134 cm³/mol. The summed E-state index contributed by atoms with van der Waals surface area (Å²) < 4.78 is 0. The zero-order chi connectivity index (χ0) is 24.0. The minimum atomic E-state index is 0.389. The normalized spacial score (nSPS) is 17.9.